The molecule has 23 heavy (non-hydrogen) atoms. The Bertz CT molecular complexity index is 1030. The number of aromatic nitrogens is 3. The van der Waals surface area contributed by atoms with E-state index in [9.17, 15) is 9.59 Å². The van der Waals surface area contributed by atoms with Crippen molar-refractivity contribution >= 4 is 22.6 Å². The molecule has 0 radical (unpaired) electrons. The van der Waals surface area contributed by atoms with Gasteiger partial charge < -0.3 is 9.88 Å². The van der Waals surface area contributed by atoms with Crippen LogP contribution in [-0.2, 0) is 6.54 Å². The third kappa shape index (κ3) is 2.30. The molecule has 0 bridgehead atoms. The number of fused-ring (bicyclic) bond motifs is 2. The molecular formula is C16H17N5O2. The predicted octanol–water partition coefficient (Wildman–Crippen LogP) is 0.898. The fraction of sp³-hybridized carbons (Fsp3) is 0.250. The maximum Gasteiger partial charge on any atom is 0.267 e. The van der Waals surface area contributed by atoms with Gasteiger partial charge in [0.05, 0.1) is 10.9 Å². The molecule has 2 N–H and O–H groups in total. The molecule has 0 aliphatic rings. The number of amides is 1. The van der Waals surface area contributed by atoms with Crippen molar-refractivity contribution in [3.63, 3.8) is 0 Å². The third-order valence-electron chi connectivity index (χ3n) is 3.74. The zero-order chi connectivity index (χ0) is 16.6. The van der Waals surface area contributed by atoms with Crippen molar-refractivity contribution in [1.82, 2.24) is 19.3 Å². The first-order chi connectivity index (χ1) is 11.1. The minimum Gasteiger partial charge on any atom is -0.355 e. The van der Waals surface area contributed by atoms with Crippen molar-refractivity contribution in [2.75, 3.05) is 7.05 Å². The monoisotopic (exact) mass is 311 g/mol. The van der Waals surface area contributed by atoms with E-state index in [1.165, 1.54) is 17.5 Å². The summed E-state index contributed by atoms with van der Waals surface area (Å²) in [5.41, 5.74) is 0.928. The molecule has 118 valence electrons. The van der Waals surface area contributed by atoms with E-state index < -0.39 is 0 Å². The molecule has 1 amide bonds. The Morgan fingerprint density at radius 1 is 1.39 bits per heavy atom. The molecule has 0 unspecified atom stereocenters. The van der Waals surface area contributed by atoms with Crippen molar-refractivity contribution in [3.05, 3.63) is 51.9 Å². The lowest BCUT2D eigenvalue weighted by Crippen LogP contribution is -2.33. The molecule has 3 rings (SSSR count). The quantitative estimate of drug-likeness (QED) is 0.704. The van der Waals surface area contributed by atoms with E-state index in [0.717, 1.165) is 6.42 Å². The van der Waals surface area contributed by atoms with E-state index >= 15 is 0 Å². The highest BCUT2D eigenvalue weighted by molar-refractivity contribution is 5.96. The molecule has 0 saturated carbocycles. The summed E-state index contributed by atoms with van der Waals surface area (Å²) in [6, 6.07) is 6.75. The third-order valence-corrected chi connectivity index (χ3v) is 3.74. The molecular weight excluding hydrogens is 294 g/mol. The highest BCUT2D eigenvalue weighted by Gasteiger charge is 2.16. The summed E-state index contributed by atoms with van der Waals surface area (Å²) < 4.78 is 3.06. The van der Waals surface area contributed by atoms with Crippen molar-refractivity contribution in [2.24, 2.45) is 0 Å². The normalized spacial score (nSPS) is 11.0. The topological polar surface area (TPSA) is 92.2 Å². The van der Waals surface area contributed by atoms with E-state index in [4.69, 9.17) is 5.41 Å². The number of nitrogens with zero attached hydrogens (tertiary/aromatic N) is 3. The van der Waals surface area contributed by atoms with Crippen molar-refractivity contribution in [3.8, 4) is 0 Å². The summed E-state index contributed by atoms with van der Waals surface area (Å²) in [5.74, 6) is -0.390. The molecule has 7 heteroatoms. The number of pyridine rings is 2. The van der Waals surface area contributed by atoms with Crippen LogP contribution in [0.5, 0.6) is 0 Å². The number of aryl methyl sites for hydroxylation is 1. The predicted molar refractivity (Wildman–Crippen MR) is 86.5 cm³/mol. The SMILES string of the molecule is CCCn1c(=N)c(C(=O)NC)cc2c(=O)n3ccccc3nc21. The Kier molecular flexibility index (Phi) is 3.69. The van der Waals surface area contributed by atoms with Crippen LogP contribution in [0.15, 0.2) is 35.3 Å². The van der Waals surface area contributed by atoms with E-state index in [0.29, 0.717) is 23.2 Å². The number of nitrogens with one attached hydrogen (secondary N) is 2. The average molecular weight is 311 g/mol. The van der Waals surface area contributed by atoms with Gasteiger partial charge in [-0.05, 0) is 24.6 Å². The van der Waals surface area contributed by atoms with Gasteiger partial charge >= 0.3 is 0 Å². The smallest absolute Gasteiger partial charge is 0.267 e. The lowest BCUT2D eigenvalue weighted by Gasteiger charge is -2.13. The molecule has 3 aromatic heterocycles. The van der Waals surface area contributed by atoms with Crippen LogP contribution in [0.4, 0.5) is 0 Å². The standard InChI is InChI=1S/C16H17N5O2/c1-3-7-21-13(17)10(15(22)18-2)9-11-14(21)19-12-6-4-5-8-20(12)16(11)23/h4-6,8-9,17H,3,7H2,1-2H3,(H,18,22). The van der Waals surface area contributed by atoms with Crippen molar-refractivity contribution < 1.29 is 4.79 Å². The number of rotatable bonds is 3. The van der Waals surface area contributed by atoms with Crippen LogP contribution in [0.1, 0.15) is 23.7 Å². The summed E-state index contributed by atoms with van der Waals surface area (Å²) in [6.07, 6.45) is 2.40. The number of carbonyl (C=O) groups is 1. The van der Waals surface area contributed by atoms with Gasteiger partial charge in [-0.1, -0.05) is 13.0 Å². The Morgan fingerprint density at radius 3 is 2.87 bits per heavy atom. The van der Waals surface area contributed by atoms with E-state index in [1.807, 2.05) is 6.92 Å². The average Bonchev–Trinajstić information content (AvgIpc) is 2.57. The Balaban J connectivity index is 2.53. The second-order valence-electron chi connectivity index (χ2n) is 5.22. The van der Waals surface area contributed by atoms with Crippen molar-refractivity contribution in [2.45, 2.75) is 19.9 Å². The second-order valence-corrected chi connectivity index (χ2v) is 5.22. The summed E-state index contributed by atoms with van der Waals surface area (Å²) in [6.45, 7) is 2.48. The zero-order valence-electron chi connectivity index (χ0n) is 13.0. The van der Waals surface area contributed by atoms with Crippen LogP contribution < -0.4 is 16.4 Å². The molecule has 0 fully saturated rings. The number of carbonyl (C=O) groups excluding carboxylic acids is 1. The lowest BCUT2D eigenvalue weighted by atomic mass is 10.2. The molecule has 0 aliphatic heterocycles. The van der Waals surface area contributed by atoms with Crippen LogP contribution in [-0.4, -0.2) is 26.9 Å². The fourth-order valence-corrected chi connectivity index (χ4v) is 2.64. The fourth-order valence-electron chi connectivity index (χ4n) is 2.64. The maximum atomic E-state index is 12.7. The summed E-state index contributed by atoms with van der Waals surface area (Å²) in [5, 5.41) is 11.1. The van der Waals surface area contributed by atoms with Crippen molar-refractivity contribution in [1.29, 1.82) is 5.41 Å². The second kappa shape index (κ2) is 5.68. The summed E-state index contributed by atoms with van der Waals surface area (Å²) in [7, 11) is 1.50. The molecule has 0 atom stereocenters. The van der Waals surface area contributed by atoms with E-state index in [2.05, 4.69) is 10.3 Å². The van der Waals surface area contributed by atoms with Crippen LogP contribution in [0.25, 0.3) is 16.7 Å². The van der Waals surface area contributed by atoms with Gasteiger partial charge in [-0.2, -0.15) is 0 Å². The van der Waals surface area contributed by atoms with Gasteiger partial charge in [0.2, 0.25) is 0 Å². The minimum absolute atomic E-state index is 0.0610. The first-order valence-corrected chi connectivity index (χ1v) is 7.40. The molecule has 0 spiro atoms. The van der Waals surface area contributed by atoms with E-state index in [1.54, 1.807) is 29.0 Å². The van der Waals surface area contributed by atoms with Gasteiger partial charge in [0, 0.05) is 19.8 Å². The number of hydrogen-bond donors (Lipinski definition) is 2. The summed E-state index contributed by atoms with van der Waals surface area (Å²) in [4.78, 5) is 29.3. The Hall–Kier alpha value is -2.96. The zero-order valence-corrected chi connectivity index (χ0v) is 13.0. The van der Waals surface area contributed by atoms with Crippen LogP contribution in [0.2, 0.25) is 0 Å². The van der Waals surface area contributed by atoms with Gasteiger partial charge in [-0.3, -0.25) is 19.4 Å². The van der Waals surface area contributed by atoms with Crippen LogP contribution >= 0.6 is 0 Å². The van der Waals surface area contributed by atoms with E-state index in [-0.39, 0.29) is 22.5 Å². The Morgan fingerprint density at radius 2 is 2.17 bits per heavy atom. The lowest BCUT2D eigenvalue weighted by molar-refractivity contribution is 0.0960. The first kappa shape index (κ1) is 15.0. The van der Waals surface area contributed by atoms with Gasteiger partial charge in [-0.15, -0.1) is 0 Å². The minimum atomic E-state index is -0.390. The maximum absolute atomic E-state index is 12.7. The van der Waals surface area contributed by atoms with Gasteiger partial charge in [-0.25, -0.2) is 4.98 Å². The molecule has 0 aromatic carbocycles. The van der Waals surface area contributed by atoms with Crippen LogP contribution in [0.3, 0.4) is 0 Å². The van der Waals surface area contributed by atoms with Crippen LogP contribution in [0, 0.1) is 5.41 Å². The number of hydrogen-bond acceptors (Lipinski definition) is 4. The Labute approximate surface area is 131 Å². The highest BCUT2D eigenvalue weighted by atomic mass is 16.1. The summed E-state index contributed by atoms with van der Waals surface area (Å²) >= 11 is 0. The van der Waals surface area contributed by atoms with Gasteiger partial charge in [0.1, 0.15) is 16.8 Å². The molecule has 0 saturated heterocycles. The molecule has 3 aromatic rings. The van der Waals surface area contributed by atoms with Gasteiger partial charge in [0.15, 0.2) is 0 Å². The van der Waals surface area contributed by atoms with Gasteiger partial charge in [0.25, 0.3) is 11.5 Å². The largest absolute Gasteiger partial charge is 0.355 e. The molecule has 0 aliphatic carbocycles. The molecule has 7 nitrogen and oxygen atoms in total. The molecule has 3 heterocycles. The first-order valence-electron chi connectivity index (χ1n) is 7.40. The highest BCUT2D eigenvalue weighted by Crippen LogP contribution is 2.10.